The number of nitrogens with zero attached hydrogens (tertiary/aromatic N) is 1. The predicted molar refractivity (Wildman–Crippen MR) is 73.7 cm³/mol. The van der Waals surface area contributed by atoms with Gasteiger partial charge in [0.2, 0.25) is 5.91 Å². The maximum atomic E-state index is 12.8. The van der Waals surface area contributed by atoms with Crippen molar-refractivity contribution in [1.29, 1.82) is 0 Å². The van der Waals surface area contributed by atoms with Crippen LogP contribution in [0.1, 0.15) is 40.0 Å². The maximum absolute atomic E-state index is 12.8. The van der Waals surface area contributed by atoms with E-state index in [1.54, 1.807) is 4.90 Å². The van der Waals surface area contributed by atoms with Crippen LogP contribution in [0.25, 0.3) is 0 Å². The summed E-state index contributed by atoms with van der Waals surface area (Å²) in [5.74, 6) is -0.292. The van der Waals surface area contributed by atoms with Gasteiger partial charge in [0.25, 0.3) is 0 Å². The van der Waals surface area contributed by atoms with E-state index >= 15 is 0 Å². The fraction of sp³-hybridized carbons (Fsp3) is 0.857. The van der Waals surface area contributed by atoms with Gasteiger partial charge in [-0.3, -0.25) is 9.59 Å². The molecule has 1 heterocycles. The number of rotatable bonds is 5. The molecule has 1 fully saturated rings. The minimum atomic E-state index is -0.365. The van der Waals surface area contributed by atoms with Crippen LogP contribution < -0.4 is 5.32 Å². The fourth-order valence-corrected chi connectivity index (χ4v) is 2.60. The van der Waals surface area contributed by atoms with Gasteiger partial charge in [-0.2, -0.15) is 0 Å². The lowest BCUT2D eigenvalue weighted by Crippen LogP contribution is -2.54. The van der Waals surface area contributed by atoms with Gasteiger partial charge in [0.15, 0.2) is 0 Å². The summed E-state index contributed by atoms with van der Waals surface area (Å²) in [6.45, 7) is 7.61. The molecule has 0 aromatic rings. The van der Waals surface area contributed by atoms with Crippen molar-refractivity contribution in [1.82, 2.24) is 10.2 Å². The number of carbonyl (C=O) groups excluding carboxylic acids is 2. The number of piperidine rings is 1. The molecule has 0 aromatic carbocycles. The summed E-state index contributed by atoms with van der Waals surface area (Å²) in [5, 5.41) is 3.30. The van der Waals surface area contributed by atoms with Gasteiger partial charge >= 0.3 is 5.97 Å². The first-order chi connectivity index (χ1) is 8.96. The van der Waals surface area contributed by atoms with Crippen molar-refractivity contribution in [2.75, 3.05) is 26.7 Å². The summed E-state index contributed by atoms with van der Waals surface area (Å²) in [6, 6.07) is -0.00282. The summed E-state index contributed by atoms with van der Waals surface area (Å²) >= 11 is 0. The molecule has 1 saturated heterocycles. The van der Waals surface area contributed by atoms with Crippen LogP contribution in [0.3, 0.4) is 0 Å². The van der Waals surface area contributed by atoms with Gasteiger partial charge in [-0.05, 0) is 39.7 Å². The Morgan fingerprint density at radius 1 is 1.42 bits per heavy atom. The normalized spacial score (nSPS) is 23.2. The largest absolute Gasteiger partial charge is 0.468 e. The minimum absolute atomic E-state index is 0.00282. The van der Waals surface area contributed by atoms with Crippen molar-refractivity contribution in [2.24, 2.45) is 5.41 Å². The molecular weight excluding hydrogens is 244 g/mol. The van der Waals surface area contributed by atoms with Crippen molar-refractivity contribution in [3.8, 4) is 0 Å². The van der Waals surface area contributed by atoms with E-state index in [-0.39, 0.29) is 29.9 Å². The molecule has 1 aliphatic rings. The molecule has 19 heavy (non-hydrogen) atoms. The Bertz CT molecular complexity index is 323. The molecule has 1 unspecified atom stereocenters. The van der Waals surface area contributed by atoms with Crippen LogP contribution in [-0.2, 0) is 14.3 Å². The molecule has 5 nitrogen and oxygen atoms in total. The lowest BCUT2D eigenvalue weighted by molar-refractivity contribution is -0.154. The van der Waals surface area contributed by atoms with E-state index in [4.69, 9.17) is 0 Å². The first kappa shape index (κ1) is 16.0. The Balaban J connectivity index is 2.87. The number of ether oxygens (including phenoxy) is 1. The molecule has 0 aliphatic carbocycles. The highest BCUT2D eigenvalue weighted by Crippen LogP contribution is 2.32. The topological polar surface area (TPSA) is 58.6 Å². The molecular formula is C14H26N2O3. The number of nitrogens with one attached hydrogen (secondary N) is 1. The van der Waals surface area contributed by atoms with Gasteiger partial charge in [0.05, 0.1) is 12.5 Å². The summed E-state index contributed by atoms with van der Waals surface area (Å²) in [4.78, 5) is 25.9. The molecule has 5 heteroatoms. The third kappa shape index (κ3) is 3.69. The first-order valence-corrected chi connectivity index (χ1v) is 7.05. The summed E-state index contributed by atoms with van der Waals surface area (Å²) < 4.78 is 4.69. The number of methoxy groups -OCH3 is 1. The molecule has 0 bridgehead atoms. The number of amides is 1. The second-order valence-corrected chi connectivity index (χ2v) is 5.52. The minimum Gasteiger partial charge on any atom is -0.468 e. The number of carbonyl (C=O) groups is 2. The van der Waals surface area contributed by atoms with Crippen LogP contribution in [-0.4, -0.2) is 49.6 Å². The molecule has 1 amide bonds. The van der Waals surface area contributed by atoms with Crippen LogP contribution in [0.4, 0.5) is 0 Å². The van der Waals surface area contributed by atoms with Crippen molar-refractivity contribution in [3.63, 3.8) is 0 Å². The average Bonchev–Trinajstić information content (AvgIpc) is 2.44. The standard InChI is InChI=1S/C14H26N2O3/c1-5-14(7-6-8-15-10-14)13(18)16(11(2)3)9-12(17)19-4/h11,15H,5-10H2,1-4H3. The van der Waals surface area contributed by atoms with Crippen molar-refractivity contribution < 1.29 is 14.3 Å². The molecule has 0 radical (unpaired) electrons. The van der Waals surface area contributed by atoms with Crippen molar-refractivity contribution in [2.45, 2.75) is 46.1 Å². The highest BCUT2D eigenvalue weighted by atomic mass is 16.5. The van der Waals surface area contributed by atoms with Crippen LogP contribution >= 0.6 is 0 Å². The van der Waals surface area contributed by atoms with Gasteiger partial charge in [0, 0.05) is 12.6 Å². The Kier molecular flexibility index (Phi) is 5.79. The first-order valence-electron chi connectivity index (χ1n) is 7.05. The lowest BCUT2D eigenvalue weighted by atomic mass is 9.77. The van der Waals surface area contributed by atoms with Crippen LogP contribution in [0.15, 0.2) is 0 Å². The number of esters is 1. The molecule has 1 rings (SSSR count). The molecule has 1 aliphatic heterocycles. The van der Waals surface area contributed by atoms with Crippen LogP contribution in [0, 0.1) is 5.41 Å². The van der Waals surface area contributed by atoms with Gasteiger partial charge in [-0.1, -0.05) is 6.92 Å². The van der Waals surface area contributed by atoms with E-state index in [9.17, 15) is 9.59 Å². The van der Waals surface area contributed by atoms with E-state index in [0.717, 1.165) is 25.8 Å². The second-order valence-electron chi connectivity index (χ2n) is 5.52. The van der Waals surface area contributed by atoms with Gasteiger partial charge in [-0.15, -0.1) is 0 Å². The monoisotopic (exact) mass is 270 g/mol. The van der Waals surface area contributed by atoms with Gasteiger partial charge in [0.1, 0.15) is 6.54 Å². The van der Waals surface area contributed by atoms with E-state index in [2.05, 4.69) is 10.1 Å². The average molecular weight is 270 g/mol. The third-order valence-corrected chi connectivity index (χ3v) is 4.01. The van der Waals surface area contributed by atoms with E-state index in [1.165, 1.54) is 7.11 Å². The Labute approximate surface area is 115 Å². The van der Waals surface area contributed by atoms with E-state index < -0.39 is 0 Å². The molecule has 0 aromatic heterocycles. The third-order valence-electron chi connectivity index (χ3n) is 4.01. The highest BCUT2D eigenvalue weighted by molar-refractivity contribution is 5.87. The predicted octanol–water partition coefficient (Wildman–Crippen LogP) is 1.18. The SMILES string of the molecule is CCC1(C(=O)N(CC(=O)OC)C(C)C)CCCNC1. The molecule has 0 spiro atoms. The summed E-state index contributed by atoms with van der Waals surface area (Å²) in [6.07, 6.45) is 2.69. The highest BCUT2D eigenvalue weighted by Gasteiger charge is 2.41. The summed E-state index contributed by atoms with van der Waals surface area (Å²) in [5.41, 5.74) is -0.365. The van der Waals surface area contributed by atoms with Gasteiger partial charge < -0.3 is 15.0 Å². The zero-order valence-corrected chi connectivity index (χ0v) is 12.5. The lowest BCUT2D eigenvalue weighted by Gasteiger charge is -2.40. The smallest absolute Gasteiger partial charge is 0.325 e. The van der Waals surface area contributed by atoms with E-state index in [0.29, 0.717) is 6.54 Å². The zero-order valence-electron chi connectivity index (χ0n) is 12.5. The van der Waals surface area contributed by atoms with Crippen molar-refractivity contribution >= 4 is 11.9 Å². The molecule has 1 N–H and O–H groups in total. The maximum Gasteiger partial charge on any atom is 0.325 e. The number of hydrogen-bond donors (Lipinski definition) is 1. The summed E-state index contributed by atoms with van der Waals surface area (Å²) in [7, 11) is 1.35. The zero-order chi connectivity index (χ0) is 14.5. The van der Waals surface area contributed by atoms with E-state index in [1.807, 2.05) is 20.8 Å². The quantitative estimate of drug-likeness (QED) is 0.762. The fourth-order valence-electron chi connectivity index (χ4n) is 2.60. The Morgan fingerprint density at radius 3 is 2.53 bits per heavy atom. The Hall–Kier alpha value is -1.10. The molecule has 1 atom stereocenters. The molecule has 0 saturated carbocycles. The molecule has 110 valence electrons. The van der Waals surface area contributed by atoms with Crippen LogP contribution in [0.5, 0.6) is 0 Å². The Morgan fingerprint density at radius 2 is 2.11 bits per heavy atom. The van der Waals surface area contributed by atoms with Gasteiger partial charge in [-0.25, -0.2) is 0 Å². The van der Waals surface area contributed by atoms with Crippen LogP contribution in [0.2, 0.25) is 0 Å². The number of hydrogen-bond acceptors (Lipinski definition) is 4. The van der Waals surface area contributed by atoms with Crippen molar-refractivity contribution in [3.05, 3.63) is 0 Å². The second kappa shape index (κ2) is 6.89.